The zero-order chi connectivity index (χ0) is 26.4. The molecule has 0 spiro atoms. The molecule has 1 saturated carbocycles. The monoisotopic (exact) mass is 512 g/mol. The molecule has 0 nitrogen and oxygen atoms in total. The van der Waals surface area contributed by atoms with E-state index >= 15 is 4.39 Å². The van der Waals surface area contributed by atoms with Gasteiger partial charge in [0.15, 0.2) is 0 Å². The van der Waals surface area contributed by atoms with Crippen molar-refractivity contribution in [2.75, 3.05) is 0 Å². The molecular formula is C32H33F5. The molecule has 0 bridgehead atoms. The summed E-state index contributed by atoms with van der Waals surface area (Å²) in [5.41, 5.74) is 5.46. The molecule has 3 aromatic carbocycles. The van der Waals surface area contributed by atoms with E-state index in [1.165, 1.54) is 24.8 Å². The van der Waals surface area contributed by atoms with Crippen molar-refractivity contribution in [1.29, 1.82) is 0 Å². The Balaban J connectivity index is 1.39. The number of benzene rings is 3. The first-order valence-electron chi connectivity index (χ1n) is 13.2. The van der Waals surface area contributed by atoms with E-state index in [0.717, 1.165) is 28.7 Å². The number of alkyl halides is 3. The van der Waals surface area contributed by atoms with E-state index in [2.05, 4.69) is 19.1 Å². The van der Waals surface area contributed by atoms with E-state index in [1.807, 2.05) is 42.5 Å². The van der Waals surface area contributed by atoms with Gasteiger partial charge in [0.2, 0.25) is 0 Å². The maximum atomic E-state index is 15.1. The van der Waals surface area contributed by atoms with Crippen LogP contribution < -0.4 is 0 Å². The van der Waals surface area contributed by atoms with Gasteiger partial charge in [-0.1, -0.05) is 80.4 Å². The van der Waals surface area contributed by atoms with Crippen molar-refractivity contribution < 1.29 is 22.0 Å². The average Bonchev–Trinajstić information content (AvgIpc) is 2.88. The lowest BCUT2D eigenvalue weighted by Crippen LogP contribution is -2.15. The second kappa shape index (κ2) is 12.1. The number of aryl methyl sites for hydroxylation is 1. The van der Waals surface area contributed by atoms with Crippen LogP contribution >= 0.6 is 0 Å². The molecule has 0 amide bonds. The topological polar surface area (TPSA) is 0 Å². The highest BCUT2D eigenvalue weighted by Gasteiger charge is 2.30. The molecule has 0 heterocycles. The molecule has 0 aliphatic heterocycles. The van der Waals surface area contributed by atoms with Gasteiger partial charge in [-0.3, -0.25) is 0 Å². The molecule has 5 heteroatoms. The lowest BCUT2D eigenvalue weighted by atomic mass is 9.78. The first-order chi connectivity index (χ1) is 17.7. The lowest BCUT2D eigenvalue weighted by Gasteiger charge is -2.28. The summed E-state index contributed by atoms with van der Waals surface area (Å²) in [6.07, 6.45) is 1.86. The van der Waals surface area contributed by atoms with E-state index in [0.29, 0.717) is 31.2 Å². The zero-order valence-electron chi connectivity index (χ0n) is 21.1. The highest BCUT2D eigenvalue weighted by Crippen LogP contribution is 2.40. The Labute approximate surface area is 216 Å². The van der Waals surface area contributed by atoms with E-state index in [9.17, 15) is 17.6 Å². The van der Waals surface area contributed by atoms with Gasteiger partial charge in [0.05, 0.1) is 6.08 Å². The van der Waals surface area contributed by atoms with Crippen LogP contribution in [0.4, 0.5) is 22.0 Å². The van der Waals surface area contributed by atoms with Crippen LogP contribution in [-0.4, -0.2) is 6.18 Å². The molecule has 0 N–H and O–H groups in total. The van der Waals surface area contributed by atoms with E-state index < -0.39 is 17.9 Å². The van der Waals surface area contributed by atoms with Gasteiger partial charge in [-0.25, -0.2) is 8.78 Å². The average molecular weight is 513 g/mol. The zero-order valence-corrected chi connectivity index (χ0v) is 21.1. The predicted molar refractivity (Wildman–Crippen MR) is 140 cm³/mol. The Kier molecular flexibility index (Phi) is 8.83. The molecule has 3 aromatic rings. The van der Waals surface area contributed by atoms with Crippen molar-refractivity contribution in [2.45, 2.75) is 70.4 Å². The molecule has 0 saturated heterocycles. The molecule has 0 radical (unpaired) electrons. The molecule has 37 heavy (non-hydrogen) atoms. The minimum Gasteiger partial charge on any atom is -0.212 e. The van der Waals surface area contributed by atoms with Crippen LogP contribution in [0.3, 0.4) is 0 Å². The Hall–Kier alpha value is -2.95. The van der Waals surface area contributed by atoms with Crippen LogP contribution in [-0.2, 0) is 6.42 Å². The number of hydrogen-bond acceptors (Lipinski definition) is 0. The van der Waals surface area contributed by atoms with E-state index in [1.54, 1.807) is 12.1 Å². The molecule has 0 unspecified atom stereocenters. The van der Waals surface area contributed by atoms with Crippen molar-refractivity contribution in [2.24, 2.45) is 5.92 Å². The normalized spacial score (nSPS) is 18.7. The summed E-state index contributed by atoms with van der Waals surface area (Å²) in [5.74, 6) is -1.85. The highest BCUT2D eigenvalue weighted by atomic mass is 19.4. The molecule has 0 aromatic heterocycles. The van der Waals surface area contributed by atoms with Crippen LogP contribution in [0.1, 0.15) is 68.9 Å². The molecule has 0 atom stereocenters. The SMILES string of the molecule is CCCCCc1ccc(-c2ccc(-c3ccc(C4CCC(C(F)=CC(F)(F)F)CC4)cc3)c(F)c2)cc1. The Morgan fingerprint density at radius 1 is 0.811 bits per heavy atom. The summed E-state index contributed by atoms with van der Waals surface area (Å²) >= 11 is 0. The largest absolute Gasteiger partial charge is 0.412 e. The van der Waals surface area contributed by atoms with Gasteiger partial charge in [0.1, 0.15) is 11.6 Å². The number of unbranched alkanes of at least 4 members (excludes halogenated alkanes) is 2. The Morgan fingerprint density at radius 2 is 1.43 bits per heavy atom. The van der Waals surface area contributed by atoms with Gasteiger partial charge in [0, 0.05) is 11.5 Å². The summed E-state index contributed by atoms with van der Waals surface area (Å²) in [5, 5.41) is 0. The van der Waals surface area contributed by atoms with Crippen LogP contribution in [0.2, 0.25) is 0 Å². The number of halogens is 5. The second-order valence-electron chi connectivity index (χ2n) is 10.1. The van der Waals surface area contributed by atoms with E-state index in [-0.39, 0.29) is 17.8 Å². The van der Waals surface area contributed by atoms with Gasteiger partial charge in [-0.2, -0.15) is 13.2 Å². The Bertz CT molecular complexity index is 1180. The predicted octanol–water partition coefficient (Wildman–Crippen LogP) is 10.6. The third kappa shape index (κ3) is 7.30. The maximum absolute atomic E-state index is 15.1. The summed E-state index contributed by atoms with van der Waals surface area (Å²) in [4.78, 5) is 0. The molecule has 1 fully saturated rings. The lowest BCUT2D eigenvalue weighted by molar-refractivity contribution is -0.0820. The molecular weight excluding hydrogens is 479 g/mol. The first-order valence-corrected chi connectivity index (χ1v) is 13.2. The molecule has 196 valence electrons. The highest BCUT2D eigenvalue weighted by molar-refractivity contribution is 5.71. The van der Waals surface area contributed by atoms with Crippen molar-refractivity contribution in [3.8, 4) is 22.3 Å². The minimum absolute atomic E-state index is 0.168. The maximum Gasteiger partial charge on any atom is 0.412 e. The second-order valence-corrected chi connectivity index (χ2v) is 10.1. The number of allylic oxidation sites excluding steroid dienone is 2. The quantitative estimate of drug-likeness (QED) is 0.208. The summed E-state index contributed by atoms with van der Waals surface area (Å²) < 4.78 is 66.3. The third-order valence-corrected chi connectivity index (χ3v) is 7.44. The van der Waals surface area contributed by atoms with Crippen LogP contribution in [0.25, 0.3) is 22.3 Å². The van der Waals surface area contributed by atoms with Crippen molar-refractivity contribution in [3.63, 3.8) is 0 Å². The third-order valence-electron chi connectivity index (χ3n) is 7.44. The summed E-state index contributed by atoms with van der Waals surface area (Å²) in [6, 6.07) is 21.3. The van der Waals surface area contributed by atoms with Gasteiger partial charge < -0.3 is 0 Å². The summed E-state index contributed by atoms with van der Waals surface area (Å²) in [6.45, 7) is 2.19. The number of hydrogen-bond donors (Lipinski definition) is 0. The van der Waals surface area contributed by atoms with Crippen molar-refractivity contribution >= 4 is 0 Å². The van der Waals surface area contributed by atoms with Crippen molar-refractivity contribution in [3.05, 3.63) is 95.6 Å². The standard InChI is InChI=1S/C32H33F5/c1-2-3-4-5-22-6-8-25(9-7-22)28-18-19-29(30(33)20-28)26-14-10-23(11-15-26)24-12-16-27(17-13-24)31(34)21-32(35,36)37/h6-11,14-15,18-21,24,27H,2-5,12-13,16-17H2,1H3. The smallest absolute Gasteiger partial charge is 0.212 e. The minimum atomic E-state index is -4.62. The fourth-order valence-electron chi connectivity index (χ4n) is 5.28. The van der Waals surface area contributed by atoms with Gasteiger partial charge in [-0.05, 0) is 78.3 Å². The van der Waals surface area contributed by atoms with Gasteiger partial charge in [-0.15, -0.1) is 0 Å². The van der Waals surface area contributed by atoms with Gasteiger partial charge >= 0.3 is 6.18 Å². The first kappa shape index (κ1) is 27.1. The fraction of sp³-hybridized carbons (Fsp3) is 0.375. The van der Waals surface area contributed by atoms with Gasteiger partial charge in [0.25, 0.3) is 0 Å². The molecule has 1 aliphatic rings. The van der Waals surface area contributed by atoms with Crippen LogP contribution in [0.15, 0.2) is 78.6 Å². The van der Waals surface area contributed by atoms with Crippen LogP contribution in [0, 0.1) is 11.7 Å². The summed E-state index contributed by atoms with van der Waals surface area (Å²) in [7, 11) is 0. The number of rotatable bonds is 8. The molecule has 4 rings (SSSR count). The Morgan fingerprint density at radius 3 is 2.03 bits per heavy atom. The van der Waals surface area contributed by atoms with Crippen LogP contribution in [0.5, 0.6) is 0 Å². The van der Waals surface area contributed by atoms with E-state index in [4.69, 9.17) is 0 Å². The van der Waals surface area contributed by atoms with Crippen molar-refractivity contribution in [1.82, 2.24) is 0 Å². The molecule has 1 aliphatic carbocycles. The fourth-order valence-corrected chi connectivity index (χ4v) is 5.28.